The van der Waals surface area contributed by atoms with Gasteiger partial charge in [0.1, 0.15) is 5.60 Å². The van der Waals surface area contributed by atoms with E-state index in [0.29, 0.717) is 6.61 Å². The molecule has 140 valence electrons. The molecule has 2 aromatic carbocycles. The summed E-state index contributed by atoms with van der Waals surface area (Å²) in [5, 5.41) is 0. The summed E-state index contributed by atoms with van der Waals surface area (Å²) in [4.78, 5) is 12.9. The molecule has 0 aliphatic carbocycles. The number of esters is 1. The Hall–Kier alpha value is -2.17. The SMILES string of the molecule is C[Si](C)(C)CC1(c2ccccc2)OCCC2=C(c3ccccc3)C(=O)OC21. The summed E-state index contributed by atoms with van der Waals surface area (Å²) >= 11 is 0. The molecule has 0 aromatic heterocycles. The summed E-state index contributed by atoms with van der Waals surface area (Å²) in [5.74, 6) is -0.220. The lowest BCUT2D eigenvalue weighted by molar-refractivity contribution is -0.163. The average molecular weight is 379 g/mol. The van der Waals surface area contributed by atoms with Crippen LogP contribution >= 0.6 is 0 Å². The molecule has 1 fully saturated rings. The minimum atomic E-state index is -1.52. The van der Waals surface area contributed by atoms with Gasteiger partial charge in [0.05, 0.1) is 12.2 Å². The normalized spacial score (nSPS) is 25.3. The van der Waals surface area contributed by atoms with Crippen molar-refractivity contribution in [1.29, 1.82) is 0 Å². The third-order valence-electron chi connectivity index (χ3n) is 5.34. The number of rotatable bonds is 4. The van der Waals surface area contributed by atoms with E-state index in [4.69, 9.17) is 9.47 Å². The van der Waals surface area contributed by atoms with Crippen LogP contribution in [0.3, 0.4) is 0 Å². The molecular formula is C23H26O3Si. The molecule has 0 N–H and O–H groups in total. The van der Waals surface area contributed by atoms with Crippen molar-refractivity contribution < 1.29 is 14.3 Å². The van der Waals surface area contributed by atoms with Gasteiger partial charge in [-0.2, -0.15) is 0 Å². The molecule has 0 bridgehead atoms. The van der Waals surface area contributed by atoms with Gasteiger partial charge in [0.2, 0.25) is 0 Å². The molecule has 2 unspecified atom stereocenters. The fourth-order valence-corrected chi connectivity index (χ4v) is 6.51. The topological polar surface area (TPSA) is 35.5 Å². The second-order valence-corrected chi connectivity index (χ2v) is 14.1. The summed E-state index contributed by atoms with van der Waals surface area (Å²) in [6.45, 7) is 7.63. The molecular weight excluding hydrogens is 352 g/mol. The van der Waals surface area contributed by atoms with Gasteiger partial charge in [-0.15, -0.1) is 0 Å². The Bertz CT molecular complexity index is 868. The zero-order valence-electron chi connectivity index (χ0n) is 16.2. The van der Waals surface area contributed by atoms with Crippen LogP contribution in [-0.2, 0) is 19.9 Å². The van der Waals surface area contributed by atoms with Crippen molar-refractivity contribution in [3.8, 4) is 0 Å². The van der Waals surface area contributed by atoms with Crippen molar-refractivity contribution >= 4 is 19.6 Å². The van der Waals surface area contributed by atoms with Crippen molar-refractivity contribution in [1.82, 2.24) is 0 Å². The maximum Gasteiger partial charge on any atom is 0.339 e. The number of benzene rings is 2. The van der Waals surface area contributed by atoms with Crippen LogP contribution in [0.2, 0.25) is 25.7 Å². The lowest BCUT2D eigenvalue weighted by Crippen LogP contribution is -2.50. The lowest BCUT2D eigenvalue weighted by atomic mass is 9.81. The standard InChI is InChI=1S/C23H26O3Si/c1-27(2,3)16-23(18-12-8-5-9-13-18)21-19(14-15-25-23)20(22(24)26-21)17-10-6-4-7-11-17/h4-13,21H,14-16H2,1-3H3. The Kier molecular flexibility index (Phi) is 4.56. The van der Waals surface area contributed by atoms with E-state index in [1.807, 2.05) is 48.5 Å². The third kappa shape index (κ3) is 3.28. The van der Waals surface area contributed by atoms with Gasteiger partial charge in [0.25, 0.3) is 0 Å². The van der Waals surface area contributed by atoms with Crippen molar-refractivity contribution in [3.05, 3.63) is 77.4 Å². The number of hydrogen-bond donors (Lipinski definition) is 0. The lowest BCUT2D eigenvalue weighted by Gasteiger charge is -2.45. The second kappa shape index (κ2) is 6.77. The second-order valence-electron chi connectivity index (χ2n) is 8.64. The van der Waals surface area contributed by atoms with E-state index >= 15 is 0 Å². The molecule has 2 aliphatic heterocycles. The molecule has 0 spiro atoms. The van der Waals surface area contributed by atoms with Crippen molar-refractivity contribution in [2.45, 2.75) is 43.8 Å². The molecule has 3 nitrogen and oxygen atoms in total. The highest BCUT2D eigenvalue weighted by atomic mass is 28.3. The predicted molar refractivity (Wildman–Crippen MR) is 110 cm³/mol. The summed E-state index contributed by atoms with van der Waals surface area (Å²) in [5.41, 5.74) is 3.29. The molecule has 0 amide bonds. The molecule has 0 radical (unpaired) electrons. The molecule has 0 saturated carbocycles. The fraction of sp³-hybridized carbons (Fsp3) is 0.348. The van der Waals surface area contributed by atoms with Gasteiger partial charge >= 0.3 is 5.97 Å². The van der Waals surface area contributed by atoms with Gasteiger partial charge < -0.3 is 9.47 Å². The van der Waals surface area contributed by atoms with Crippen molar-refractivity contribution in [2.24, 2.45) is 0 Å². The van der Waals surface area contributed by atoms with E-state index in [1.165, 1.54) is 0 Å². The molecule has 1 saturated heterocycles. The van der Waals surface area contributed by atoms with Crippen LogP contribution in [0, 0.1) is 0 Å². The monoisotopic (exact) mass is 378 g/mol. The first-order valence-electron chi connectivity index (χ1n) is 9.60. The van der Waals surface area contributed by atoms with Gasteiger partial charge in [0.15, 0.2) is 6.10 Å². The number of fused-ring (bicyclic) bond motifs is 1. The molecule has 4 rings (SSSR count). The Morgan fingerprint density at radius 2 is 1.63 bits per heavy atom. The van der Waals surface area contributed by atoms with Gasteiger partial charge in [-0.1, -0.05) is 80.3 Å². The van der Waals surface area contributed by atoms with Gasteiger partial charge in [-0.3, -0.25) is 0 Å². The summed E-state index contributed by atoms with van der Waals surface area (Å²) < 4.78 is 12.5. The minimum Gasteiger partial charge on any atom is -0.451 e. The summed E-state index contributed by atoms with van der Waals surface area (Å²) in [6.07, 6.45) is 0.393. The molecule has 2 atom stereocenters. The molecule has 2 aliphatic rings. The van der Waals surface area contributed by atoms with Crippen LogP contribution < -0.4 is 0 Å². The molecule has 2 heterocycles. The Labute approximate surface area is 162 Å². The van der Waals surface area contributed by atoms with E-state index < -0.39 is 13.7 Å². The van der Waals surface area contributed by atoms with Crippen LogP contribution in [0.4, 0.5) is 0 Å². The van der Waals surface area contributed by atoms with Crippen LogP contribution in [-0.4, -0.2) is 26.8 Å². The number of carbonyl (C=O) groups excluding carboxylic acids is 1. The first-order chi connectivity index (χ1) is 12.9. The first-order valence-corrected chi connectivity index (χ1v) is 13.3. The van der Waals surface area contributed by atoms with E-state index in [-0.39, 0.29) is 12.1 Å². The zero-order chi connectivity index (χ0) is 19.1. The van der Waals surface area contributed by atoms with Crippen molar-refractivity contribution in [3.63, 3.8) is 0 Å². The number of ether oxygens (including phenoxy) is 2. The quantitative estimate of drug-likeness (QED) is 0.553. The Balaban J connectivity index is 1.87. The van der Waals surface area contributed by atoms with Crippen LogP contribution in [0.25, 0.3) is 5.57 Å². The van der Waals surface area contributed by atoms with E-state index in [9.17, 15) is 4.79 Å². The highest BCUT2D eigenvalue weighted by Gasteiger charge is 2.54. The Morgan fingerprint density at radius 1 is 1.00 bits per heavy atom. The van der Waals surface area contributed by atoms with Crippen LogP contribution in [0.1, 0.15) is 17.5 Å². The van der Waals surface area contributed by atoms with Crippen molar-refractivity contribution in [2.75, 3.05) is 6.61 Å². The molecule has 2 aromatic rings. The number of carbonyl (C=O) groups is 1. The largest absolute Gasteiger partial charge is 0.451 e. The van der Waals surface area contributed by atoms with Crippen LogP contribution in [0.5, 0.6) is 0 Å². The van der Waals surface area contributed by atoms with Gasteiger partial charge in [0, 0.05) is 8.07 Å². The van der Waals surface area contributed by atoms with Crippen LogP contribution in [0.15, 0.2) is 66.2 Å². The minimum absolute atomic E-state index is 0.220. The van der Waals surface area contributed by atoms with E-state index in [2.05, 4.69) is 31.8 Å². The highest BCUT2D eigenvalue weighted by Crippen LogP contribution is 2.50. The van der Waals surface area contributed by atoms with E-state index in [1.54, 1.807) is 0 Å². The zero-order valence-corrected chi connectivity index (χ0v) is 17.2. The Morgan fingerprint density at radius 3 is 2.26 bits per heavy atom. The average Bonchev–Trinajstić information content (AvgIpc) is 2.99. The smallest absolute Gasteiger partial charge is 0.339 e. The third-order valence-corrected chi connectivity index (χ3v) is 6.92. The van der Waals surface area contributed by atoms with Gasteiger partial charge in [-0.05, 0) is 29.2 Å². The first kappa shape index (κ1) is 18.2. The maximum atomic E-state index is 12.9. The number of hydrogen-bond acceptors (Lipinski definition) is 3. The highest BCUT2D eigenvalue weighted by molar-refractivity contribution is 6.76. The van der Waals surface area contributed by atoms with E-state index in [0.717, 1.165) is 34.7 Å². The molecule has 27 heavy (non-hydrogen) atoms. The summed E-state index contributed by atoms with van der Waals surface area (Å²) in [6, 6.07) is 21.1. The molecule has 4 heteroatoms. The summed E-state index contributed by atoms with van der Waals surface area (Å²) in [7, 11) is -1.52. The predicted octanol–water partition coefficient (Wildman–Crippen LogP) is 5.02. The maximum absolute atomic E-state index is 12.9. The van der Waals surface area contributed by atoms with Gasteiger partial charge in [-0.25, -0.2) is 4.79 Å². The fourth-order valence-electron chi connectivity index (χ4n) is 4.45.